The minimum atomic E-state index is -0.503. The summed E-state index contributed by atoms with van der Waals surface area (Å²) in [5, 5.41) is 1.71. The van der Waals surface area contributed by atoms with E-state index in [2.05, 4.69) is 4.98 Å². The molecule has 2 aromatic carbocycles. The molecule has 0 aliphatic heterocycles. The molecule has 21 heavy (non-hydrogen) atoms. The number of benzene rings is 2. The molecule has 0 aliphatic rings. The van der Waals surface area contributed by atoms with Crippen LogP contribution in [0.3, 0.4) is 0 Å². The number of carbonyl (C=O) groups is 1. The minimum Gasteiger partial charge on any atom is -0.493 e. The van der Waals surface area contributed by atoms with Crippen LogP contribution in [0.4, 0.5) is 0 Å². The van der Waals surface area contributed by atoms with Gasteiger partial charge in [-0.25, -0.2) is 9.78 Å². The Morgan fingerprint density at radius 1 is 0.952 bits per heavy atom. The van der Waals surface area contributed by atoms with Crippen molar-refractivity contribution in [1.82, 2.24) is 4.98 Å². The van der Waals surface area contributed by atoms with Gasteiger partial charge in [-0.15, -0.1) is 0 Å². The number of methoxy groups -OCH3 is 1. The van der Waals surface area contributed by atoms with Crippen LogP contribution in [-0.2, 0) is 0 Å². The lowest BCUT2D eigenvalue weighted by molar-refractivity contribution is 0.0726. The molecule has 0 bridgehead atoms. The molecule has 0 radical (unpaired) electrons. The number of fused-ring (bicyclic) bond motifs is 1. The van der Waals surface area contributed by atoms with Crippen LogP contribution in [-0.4, -0.2) is 18.1 Å². The van der Waals surface area contributed by atoms with Crippen LogP contribution in [0.5, 0.6) is 11.5 Å². The Hall–Kier alpha value is -2.88. The summed E-state index contributed by atoms with van der Waals surface area (Å²) in [7, 11) is 1.53. The summed E-state index contributed by atoms with van der Waals surface area (Å²) in [5.74, 6) is 0.377. The third-order valence-corrected chi connectivity index (χ3v) is 3.14. The minimum absolute atomic E-state index is 0.291. The first-order valence-electron chi connectivity index (χ1n) is 6.48. The average molecular weight is 279 g/mol. The third kappa shape index (κ3) is 2.56. The zero-order valence-electron chi connectivity index (χ0n) is 11.4. The summed E-state index contributed by atoms with van der Waals surface area (Å²) in [6.07, 6.45) is 1.60. The largest absolute Gasteiger partial charge is 0.493 e. The quantitative estimate of drug-likeness (QED) is 0.544. The number of para-hydroxylation sites is 2. The van der Waals surface area contributed by atoms with Crippen molar-refractivity contribution in [1.29, 1.82) is 0 Å². The molecule has 0 saturated heterocycles. The Labute approximate surface area is 122 Å². The zero-order valence-corrected chi connectivity index (χ0v) is 11.4. The van der Waals surface area contributed by atoms with Crippen molar-refractivity contribution in [3.8, 4) is 11.5 Å². The van der Waals surface area contributed by atoms with Gasteiger partial charge in [-0.3, -0.25) is 0 Å². The van der Waals surface area contributed by atoms with Gasteiger partial charge in [-0.05, 0) is 23.6 Å². The van der Waals surface area contributed by atoms with E-state index < -0.39 is 5.97 Å². The van der Waals surface area contributed by atoms with Crippen molar-refractivity contribution in [3.63, 3.8) is 0 Å². The molecule has 3 aromatic rings. The molecule has 0 saturated carbocycles. The van der Waals surface area contributed by atoms with E-state index in [4.69, 9.17) is 9.47 Å². The number of ether oxygens (including phenoxy) is 2. The molecule has 4 heteroatoms. The van der Waals surface area contributed by atoms with Crippen LogP contribution >= 0.6 is 0 Å². The Morgan fingerprint density at radius 3 is 2.48 bits per heavy atom. The fourth-order valence-electron chi connectivity index (χ4n) is 2.13. The van der Waals surface area contributed by atoms with E-state index in [1.807, 2.05) is 36.4 Å². The van der Waals surface area contributed by atoms with Crippen molar-refractivity contribution in [3.05, 3.63) is 66.5 Å². The van der Waals surface area contributed by atoms with E-state index in [1.165, 1.54) is 7.11 Å². The average Bonchev–Trinajstić information content (AvgIpc) is 2.54. The molecule has 104 valence electrons. The Morgan fingerprint density at radius 2 is 1.67 bits per heavy atom. The Balaban J connectivity index is 1.98. The number of nitrogens with zero attached hydrogens (tertiary/aromatic N) is 1. The highest BCUT2D eigenvalue weighted by Gasteiger charge is 2.15. The number of carbonyl (C=O) groups excluding carboxylic acids is 1. The summed E-state index contributed by atoms with van der Waals surface area (Å²) in [6.45, 7) is 0. The monoisotopic (exact) mass is 279 g/mol. The third-order valence-electron chi connectivity index (χ3n) is 3.14. The van der Waals surface area contributed by atoms with Gasteiger partial charge in [-0.1, -0.05) is 36.4 Å². The fraction of sp³-hybridized carbons (Fsp3) is 0.0588. The van der Waals surface area contributed by atoms with Crippen LogP contribution < -0.4 is 9.47 Å². The van der Waals surface area contributed by atoms with E-state index in [0.29, 0.717) is 17.2 Å². The van der Waals surface area contributed by atoms with Gasteiger partial charge in [0.05, 0.1) is 7.11 Å². The topological polar surface area (TPSA) is 48.4 Å². The highest BCUT2D eigenvalue weighted by Crippen LogP contribution is 2.27. The van der Waals surface area contributed by atoms with Gasteiger partial charge in [0.15, 0.2) is 17.2 Å². The number of pyridine rings is 1. The maximum Gasteiger partial charge on any atom is 0.363 e. The van der Waals surface area contributed by atoms with Crippen LogP contribution in [0.25, 0.3) is 10.8 Å². The van der Waals surface area contributed by atoms with Crippen LogP contribution in [0.15, 0.2) is 60.8 Å². The van der Waals surface area contributed by atoms with Gasteiger partial charge < -0.3 is 9.47 Å². The summed E-state index contributed by atoms with van der Waals surface area (Å²) in [5.41, 5.74) is 0.291. The summed E-state index contributed by atoms with van der Waals surface area (Å²) < 4.78 is 10.6. The molecule has 4 nitrogen and oxygen atoms in total. The molecule has 0 N–H and O–H groups in total. The van der Waals surface area contributed by atoms with Gasteiger partial charge >= 0.3 is 5.97 Å². The zero-order chi connectivity index (χ0) is 14.7. The van der Waals surface area contributed by atoms with Crippen molar-refractivity contribution < 1.29 is 14.3 Å². The number of hydrogen-bond donors (Lipinski definition) is 0. The van der Waals surface area contributed by atoms with Gasteiger partial charge in [0.1, 0.15) is 0 Å². The first kappa shape index (κ1) is 13.1. The van der Waals surface area contributed by atoms with Crippen molar-refractivity contribution >= 4 is 16.7 Å². The molecule has 1 aromatic heterocycles. The van der Waals surface area contributed by atoms with E-state index in [-0.39, 0.29) is 0 Å². The second-order valence-corrected chi connectivity index (χ2v) is 4.42. The normalized spacial score (nSPS) is 10.3. The summed E-state index contributed by atoms with van der Waals surface area (Å²) in [6, 6.07) is 16.4. The molecule has 0 fully saturated rings. The highest BCUT2D eigenvalue weighted by molar-refractivity contribution is 6.03. The van der Waals surface area contributed by atoms with E-state index in [9.17, 15) is 4.79 Å². The van der Waals surface area contributed by atoms with Crippen LogP contribution in [0.1, 0.15) is 10.5 Å². The molecule has 0 amide bonds. The predicted octanol–water partition coefficient (Wildman–Crippen LogP) is 3.46. The van der Waals surface area contributed by atoms with Crippen LogP contribution in [0.2, 0.25) is 0 Å². The van der Waals surface area contributed by atoms with Gasteiger partial charge in [0, 0.05) is 11.6 Å². The number of rotatable bonds is 3. The number of hydrogen-bond acceptors (Lipinski definition) is 4. The first-order valence-corrected chi connectivity index (χ1v) is 6.48. The maximum atomic E-state index is 12.4. The van der Waals surface area contributed by atoms with E-state index in [1.54, 1.807) is 24.4 Å². The van der Waals surface area contributed by atoms with Crippen molar-refractivity contribution in [2.24, 2.45) is 0 Å². The van der Waals surface area contributed by atoms with E-state index in [0.717, 1.165) is 10.8 Å². The molecule has 0 aliphatic carbocycles. The predicted molar refractivity (Wildman–Crippen MR) is 79.7 cm³/mol. The fourth-order valence-corrected chi connectivity index (χ4v) is 2.13. The Kier molecular flexibility index (Phi) is 3.51. The lowest BCUT2D eigenvalue weighted by Gasteiger charge is -2.09. The molecule has 1 heterocycles. The maximum absolute atomic E-state index is 12.4. The van der Waals surface area contributed by atoms with Gasteiger partial charge in [0.25, 0.3) is 0 Å². The molecule has 3 rings (SSSR count). The second-order valence-electron chi connectivity index (χ2n) is 4.42. The molecule has 0 unspecified atom stereocenters. The molecular weight excluding hydrogens is 266 g/mol. The second kappa shape index (κ2) is 5.63. The standard InChI is InChI=1S/C17H13NO3/c1-20-14-8-4-5-9-15(14)21-17(19)16-13-7-3-2-6-12(13)10-11-18-16/h2-11H,1H3. The van der Waals surface area contributed by atoms with Crippen molar-refractivity contribution in [2.45, 2.75) is 0 Å². The molecule has 0 spiro atoms. The SMILES string of the molecule is COc1ccccc1OC(=O)c1nccc2ccccc12. The first-order chi connectivity index (χ1) is 10.3. The Bertz CT molecular complexity index is 793. The number of esters is 1. The lowest BCUT2D eigenvalue weighted by atomic mass is 10.1. The number of aromatic nitrogens is 1. The van der Waals surface area contributed by atoms with Gasteiger partial charge in [-0.2, -0.15) is 0 Å². The molecule has 0 atom stereocenters. The smallest absolute Gasteiger partial charge is 0.363 e. The highest BCUT2D eigenvalue weighted by atomic mass is 16.6. The van der Waals surface area contributed by atoms with Crippen LogP contribution in [0, 0.1) is 0 Å². The van der Waals surface area contributed by atoms with E-state index >= 15 is 0 Å². The summed E-state index contributed by atoms with van der Waals surface area (Å²) >= 11 is 0. The summed E-state index contributed by atoms with van der Waals surface area (Å²) in [4.78, 5) is 16.5. The molecular formula is C17H13NO3. The van der Waals surface area contributed by atoms with Gasteiger partial charge in [0.2, 0.25) is 0 Å². The van der Waals surface area contributed by atoms with Crippen molar-refractivity contribution in [2.75, 3.05) is 7.11 Å². The lowest BCUT2D eigenvalue weighted by Crippen LogP contribution is -2.11.